The fourth-order valence-electron chi connectivity index (χ4n) is 1.35. The van der Waals surface area contributed by atoms with Gasteiger partial charge in [-0.25, -0.2) is 0 Å². The van der Waals surface area contributed by atoms with Gasteiger partial charge in [-0.05, 0) is 18.6 Å². The number of hydrogen-bond acceptors (Lipinski definition) is 4. The summed E-state index contributed by atoms with van der Waals surface area (Å²) in [6, 6.07) is 6.11. The van der Waals surface area contributed by atoms with Gasteiger partial charge in [0, 0.05) is 13.2 Å². The van der Waals surface area contributed by atoms with Gasteiger partial charge in [-0.1, -0.05) is 12.1 Å². The van der Waals surface area contributed by atoms with Crippen LogP contribution in [0.1, 0.15) is 16.8 Å². The Morgan fingerprint density at radius 3 is 2.47 bits per heavy atom. The Morgan fingerprint density at radius 1 is 1.16 bits per heavy atom. The normalized spacial score (nSPS) is 9.74. The Labute approximate surface area is 109 Å². The number of anilines is 1. The molecule has 102 valence electrons. The zero-order chi connectivity index (χ0) is 14.3. The number of aliphatic hydroxyl groups is 1. The lowest BCUT2D eigenvalue weighted by atomic mass is 10.1. The van der Waals surface area contributed by atoms with Crippen LogP contribution in [0.2, 0.25) is 0 Å². The van der Waals surface area contributed by atoms with E-state index in [1.165, 1.54) is 12.1 Å². The van der Waals surface area contributed by atoms with Gasteiger partial charge in [-0.2, -0.15) is 0 Å². The molecule has 0 saturated heterocycles. The molecule has 0 heterocycles. The van der Waals surface area contributed by atoms with Gasteiger partial charge in [-0.15, -0.1) is 0 Å². The van der Waals surface area contributed by atoms with E-state index in [0.29, 0.717) is 6.42 Å². The maximum absolute atomic E-state index is 11.5. The number of primary amides is 1. The second-order valence-electron chi connectivity index (χ2n) is 3.70. The number of rotatable bonds is 5. The van der Waals surface area contributed by atoms with E-state index in [1.807, 2.05) is 0 Å². The summed E-state index contributed by atoms with van der Waals surface area (Å²) < 4.78 is 0. The summed E-state index contributed by atoms with van der Waals surface area (Å²) in [6.07, 6.45) is 0.358. The van der Waals surface area contributed by atoms with Crippen LogP contribution in [0.5, 0.6) is 0 Å². The van der Waals surface area contributed by atoms with Gasteiger partial charge in [0.05, 0.1) is 11.3 Å². The molecule has 7 heteroatoms. The van der Waals surface area contributed by atoms with Crippen molar-refractivity contribution in [2.24, 2.45) is 5.73 Å². The van der Waals surface area contributed by atoms with Crippen LogP contribution in [0.15, 0.2) is 24.3 Å². The van der Waals surface area contributed by atoms with E-state index in [2.05, 4.69) is 10.6 Å². The summed E-state index contributed by atoms with van der Waals surface area (Å²) in [7, 11) is 0. The lowest BCUT2D eigenvalue weighted by Gasteiger charge is -2.08. The number of amides is 3. The number of nitrogens with one attached hydrogen (secondary N) is 2. The van der Waals surface area contributed by atoms with Crippen LogP contribution in [-0.2, 0) is 9.59 Å². The molecule has 3 amide bonds. The van der Waals surface area contributed by atoms with Crippen LogP contribution in [-0.4, -0.2) is 36.0 Å². The monoisotopic (exact) mass is 265 g/mol. The largest absolute Gasteiger partial charge is 0.396 e. The maximum atomic E-state index is 11.5. The first-order valence-electron chi connectivity index (χ1n) is 5.65. The van der Waals surface area contributed by atoms with Crippen molar-refractivity contribution >= 4 is 23.4 Å². The first-order valence-corrected chi connectivity index (χ1v) is 5.65. The molecule has 1 aromatic rings. The second kappa shape index (κ2) is 7.12. The van der Waals surface area contributed by atoms with Crippen molar-refractivity contribution in [3.63, 3.8) is 0 Å². The number of benzene rings is 1. The molecule has 0 bridgehead atoms. The third kappa shape index (κ3) is 4.40. The Morgan fingerprint density at radius 2 is 1.84 bits per heavy atom. The van der Waals surface area contributed by atoms with Crippen LogP contribution in [0.4, 0.5) is 5.69 Å². The molecule has 0 aliphatic rings. The molecule has 7 nitrogen and oxygen atoms in total. The minimum atomic E-state index is -0.897. The second-order valence-corrected chi connectivity index (χ2v) is 3.70. The Balaban J connectivity index is 2.66. The average Bonchev–Trinajstić information content (AvgIpc) is 2.39. The molecule has 0 aliphatic heterocycles. The predicted molar refractivity (Wildman–Crippen MR) is 68.3 cm³/mol. The number of nitrogens with two attached hydrogens (primary N) is 1. The van der Waals surface area contributed by atoms with Gasteiger partial charge >= 0.3 is 11.8 Å². The van der Waals surface area contributed by atoms with E-state index in [0.717, 1.165) is 0 Å². The van der Waals surface area contributed by atoms with Gasteiger partial charge in [0.25, 0.3) is 5.91 Å². The highest BCUT2D eigenvalue weighted by atomic mass is 16.3. The first-order chi connectivity index (χ1) is 9.06. The van der Waals surface area contributed by atoms with E-state index in [1.54, 1.807) is 12.1 Å². The molecule has 0 spiro atoms. The molecule has 0 radical (unpaired) electrons. The minimum Gasteiger partial charge on any atom is -0.396 e. The molecular formula is C12H15N3O4. The summed E-state index contributed by atoms with van der Waals surface area (Å²) in [4.78, 5) is 34.1. The van der Waals surface area contributed by atoms with Crippen molar-refractivity contribution in [3.8, 4) is 0 Å². The lowest BCUT2D eigenvalue weighted by Crippen LogP contribution is -2.36. The molecule has 0 atom stereocenters. The zero-order valence-electron chi connectivity index (χ0n) is 10.2. The Bertz CT molecular complexity index is 488. The predicted octanol–water partition coefficient (Wildman–Crippen LogP) is -0.777. The molecule has 1 aromatic carbocycles. The zero-order valence-corrected chi connectivity index (χ0v) is 10.2. The molecular weight excluding hydrogens is 250 g/mol. The molecule has 0 saturated carbocycles. The van der Waals surface area contributed by atoms with Gasteiger partial charge < -0.3 is 21.5 Å². The number of carbonyl (C=O) groups excluding carboxylic acids is 3. The number of aliphatic hydroxyl groups excluding tert-OH is 1. The van der Waals surface area contributed by atoms with E-state index >= 15 is 0 Å². The number of carbonyl (C=O) groups is 3. The smallest absolute Gasteiger partial charge is 0.313 e. The standard InChI is InChI=1S/C12H15N3O4/c13-10(17)8-4-1-2-5-9(8)15-12(19)11(18)14-6-3-7-16/h1-2,4-5,16H,3,6-7H2,(H2,13,17)(H,14,18)(H,15,19). The van der Waals surface area contributed by atoms with E-state index in [4.69, 9.17) is 10.8 Å². The van der Waals surface area contributed by atoms with Crippen molar-refractivity contribution in [3.05, 3.63) is 29.8 Å². The molecule has 0 unspecified atom stereocenters. The van der Waals surface area contributed by atoms with Crippen molar-refractivity contribution in [1.82, 2.24) is 5.32 Å². The van der Waals surface area contributed by atoms with Crippen LogP contribution >= 0.6 is 0 Å². The quantitative estimate of drug-likeness (QED) is 0.412. The molecule has 19 heavy (non-hydrogen) atoms. The summed E-state index contributed by atoms with van der Waals surface area (Å²) in [6.45, 7) is 0.118. The van der Waals surface area contributed by atoms with Crippen LogP contribution in [0.3, 0.4) is 0 Å². The average molecular weight is 265 g/mol. The summed E-state index contributed by atoms with van der Waals surface area (Å²) in [5, 5.41) is 13.2. The lowest BCUT2D eigenvalue weighted by molar-refractivity contribution is -0.136. The van der Waals surface area contributed by atoms with Crippen LogP contribution in [0.25, 0.3) is 0 Å². The Kier molecular flexibility index (Phi) is 5.49. The topological polar surface area (TPSA) is 122 Å². The SMILES string of the molecule is NC(=O)c1ccccc1NC(=O)C(=O)NCCCO. The highest BCUT2D eigenvalue weighted by Gasteiger charge is 2.15. The molecule has 5 N–H and O–H groups in total. The molecule has 0 fully saturated rings. The van der Waals surface area contributed by atoms with Crippen molar-refractivity contribution in [1.29, 1.82) is 0 Å². The van der Waals surface area contributed by atoms with Gasteiger partial charge in [0.1, 0.15) is 0 Å². The van der Waals surface area contributed by atoms with Crippen molar-refractivity contribution < 1.29 is 19.5 Å². The summed E-state index contributed by atoms with van der Waals surface area (Å²) >= 11 is 0. The fraction of sp³-hybridized carbons (Fsp3) is 0.250. The number of hydrogen-bond donors (Lipinski definition) is 4. The van der Waals surface area contributed by atoms with Crippen molar-refractivity contribution in [2.45, 2.75) is 6.42 Å². The Hall–Kier alpha value is -2.41. The highest BCUT2D eigenvalue weighted by molar-refractivity contribution is 6.40. The van der Waals surface area contributed by atoms with Gasteiger partial charge in [0.2, 0.25) is 0 Å². The van der Waals surface area contributed by atoms with Crippen LogP contribution < -0.4 is 16.4 Å². The summed E-state index contributed by atoms with van der Waals surface area (Å²) in [5.74, 6) is -2.43. The number of para-hydroxylation sites is 1. The minimum absolute atomic E-state index is 0.0770. The summed E-state index contributed by atoms with van der Waals surface area (Å²) in [5.41, 5.74) is 5.45. The van der Waals surface area contributed by atoms with E-state index in [-0.39, 0.29) is 24.4 Å². The molecule has 1 rings (SSSR count). The van der Waals surface area contributed by atoms with E-state index in [9.17, 15) is 14.4 Å². The van der Waals surface area contributed by atoms with E-state index < -0.39 is 17.7 Å². The van der Waals surface area contributed by atoms with Gasteiger partial charge in [-0.3, -0.25) is 14.4 Å². The van der Waals surface area contributed by atoms with Crippen molar-refractivity contribution in [2.75, 3.05) is 18.5 Å². The third-order valence-corrected chi connectivity index (χ3v) is 2.27. The fourth-order valence-corrected chi connectivity index (χ4v) is 1.35. The third-order valence-electron chi connectivity index (χ3n) is 2.27. The van der Waals surface area contributed by atoms with Gasteiger partial charge in [0.15, 0.2) is 0 Å². The van der Waals surface area contributed by atoms with Crippen LogP contribution in [0, 0.1) is 0 Å². The first kappa shape index (κ1) is 14.7. The molecule has 0 aliphatic carbocycles. The maximum Gasteiger partial charge on any atom is 0.313 e. The highest BCUT2D eigenvalue weighted by Crippen LogP contribution is 2.13. The molecule has 0 aromatic heterocycles.